The predicted octanol–water partition coefficient (Wildman–Crippen LogP) is 0.711. The van der Waals surface area contributed by atoms with E-state index in [1.165, 1.54) is 22.9 Å². The lowest BCUT2D eigenvalue weighted by Crippen LogP contribution is -2.37. The first kappa shape index (κ1) is 14.0. The summed E-state index contributed by atoms with van der Waals surface area (Å²) in [6.07, 6.45) is 0. The predicted molar refractivity (Wildman–Crippen MR) is 76.7 cm³/mol. The Morgan fingerprint density at radius 3 is 3.10 bits per heavy atom. The van der Waals surface area contributed by atoms with Crippen LogP contribution in [-0.4, -0.2) is 43.8 Å². The molecule has 21 heavy (non-hydrogen) atoms. The van der Waals surface area contributed by atoms with Crippen LogP contribution in [0.25, 0.3) is 5.69 Å². The van der Waals surface area contributed by atoms with Crippen LogP contribution in [-0.2, 0) is 4.79 Å². The van der Waals surface area contributed by atoms with Gasteiger partial charge >= 0.3 is 0 Å². The van der Waals surface area contributed by atoms with Crippen LogP contribution < -0.4 is 10.6 Å². The maximum atomic E-state index is 13.9. The summed E-state index contributed by atoms with van der Waals surface area (Å²) in [4.78, 5) is 12.0. The van der Waals surface area contributed by atoms with Gasteiger partial charge < -0.3 is 5.32 Å². The Kier molecular flexibility index (Phi) is 3.84. The van der Waals surface area contributed by atoms with E-state index in [-0.39, 0.29) is 17.6 Å². The van der Waals surface area contributed by atoms with Crippen molar-refractivity contribution in [1.29, 1.82) is 0 Å². The number of hydrogen-bond donors (Lipinski definition) is 2. The van der Waals surface area contributed by atoms with E-state index in [0.29, 0.717) is 11.5 Å². The Bertz CT molecular complexity index is 670. The van der Waals surface area contributed by atoms with Crippen LogP contribution in [0.1, 0.15) is 5.82 Å². The van der Waals surface area contributed by atoms with E-state index in [0.717, 1.165) is 11.6 Å². The molecule has 0 spiro atoms. The van der Waals surface area contributed by atoms with Crippen LogP contribution in [0.3, 0.4) is 0 Å². The molecule has 0 saturated carbocycles. The largest absolute Gasteiger partial charge is 0.325 e. The Morgan fingerprint density at radius 1 is 1.57 bits per heavy atom. The number of thioether (sulfide) groups is 1. The van der Waals surface area contributed by atoms with Gasteiger partial charge in [-0.3, -0.25) is 10.1 Å². The smallest absolute Gasteiger partial charge is 0.242 e. The molecule has 1 atom stereocenters. The van der Waals surface area contributed by atoms with Gasteiger partial charge in [-0.05, 0) is 35.5 Å². The Balaban J connectivity index is 1.84. The molecule has 0 radical (unpaired) electrons. The first-order valence-corrected chi connectivity index (χ1v) is 7.47. The summed E-state index contributed by atoms with van der Waals surface area (Å²) >= 11 is 1.66. The van der Waals surface area contributed by atoms with Crippen LogP contribution in [0.15, 0.2) is 18.2 Å². The summed E-state index contributed by atoms with van der Waals surface area (Å²) in [5.41, 5.74) is 0.703. The number of rotatable bonds is 3. The summed E-state index contributed by atoms with van der Waals surface area (Å²) in [5.74, 6) is 1.36. The standard InChI is InChI=1S/C12H13FN6OS/c1-7-16-17-18-19(7)11-4-8(2-3-9(11)13)15-12(20)10-5-21-6-14-10/h2-4,10,14H,5-6H2,1H3,(H,15,20). The highest BCUT2D eigenvalue weighted by Gasteiger charge is 2.22. The zero-order chi connectivity index (χ0) is 14.8. The molecule has 2 aromatic rings. The molecule has 1 aromatic carbocycles. The summed E-state index contributed by atoms with van der Waals surface area (Å²) in [6.45, 7) is 1.67. The first-order valence-electron chi connectivity index (χ1n) is 6.32. The van der Waals surface area contributed by atoms with Crippen molar-refractivity contribution in [2.45, 2.75) is 13.0 Å². The second kappa shape index (κ2) is 5.78. The summed E-state index contributed by atoms with van der Waals surface area (Å²) in [7, 11) is 0. The highest BCUT2D eigenvalue weighted by molar-refractivity contribution is 7.99. The minimum absolute atomic E-state index is 0.133. The molecule has 2 N–H and O–H groups in total. The third kappa shape index (κ3) is 2.88. The van der Waals surface area contributed by atoms with Crippen molar-refractivity contribution in [3.8, 4) is 5.69 Å². The Morgan fingerprint density at radius 2 is 2.43 bits per heavy atom. The van der Waals surface area contributed by atoms with Gasteiger partial charge in [0.25, 0.3) is 0 Å². The van der Waals surface area contributed by atoms with E-state index in [4.69, 9.17) is 0 Å². The number of aryl methyl sites for hydroxylation is 1. The van der Waals surface area contributed by atoms with Gasteiger partial charge in [0, 0.05) is 17.3 Å². The fourth-order valence-electron chi connectivity index (χ4n) is 2.00. The molecule has 1 saturated heterocycles. The molecule has 0 bridgehead atoms. The van der Waals surface area contributed by atoms with Crippen LogP contribution in [0.5, 0.6) is 0 Å². The van der Waals surface area contributed by atoms with Gasteiger partial charge in [-0.25, -0.2) is 4.39 Å². The zero-order valence-corrected chi connectivity index (χ0v) is 12.0. The summed E-state index contributed by atoms with van der Waals surface area (Å²) < 4.78 is 15.2. The molecule has 1 aliphatic rings. The fourth-order valence-corrected chi connectivity index (χ4v) is 2.94. The van der Waals surface area contributed by atoms with E-state index in [9.17, 15) is 9.18 Å². The second-order valence-electron chi connectivity index (χ2n) is 4.57. The topological polar surface area (TPSA) is 84.7 Å². The SMILES string of the molecule is Cc1nnnn1-c1cc(NC(=O)C2CSCN2)ccc1F. The normalized spacial score (nSPS) is 17.9. The van der Waals surface area contributed by atoms with Gasteiger partial charge in [0.15, 0.2) is 5.82 Å². The summed E-state index contributed by atoms with van der Waals surface area (Å²) in [5, 5.41) is 16.8. The van der Waals surface area contributed by atoms with Crippen molar-refractivity contribution >= 4 is 23.4 Å². The average molecular weight is 308 g/mol. The zero-order valence-electron chi connectivity index (χ0n) is 11.2. The molecule has 110 valence electrons. The molecule has 1 aliphatic heterocycles. The van der Waals surface area contributed by atoms with Gasteiger partial charge in [0.2, 0.25) is 5.91 Å². The second-order valence-corrected chi connectivity index (χ2v) is 5.60. The van der Waals surface area contributed by atoms with Crippen molar-refractivity contribution in [1.82, 2.24) is 25.5 Å². The highest BCUT2D eigenvalue weighted by atomic mass is 32.2. The number of anilines is 1. The molecule has 0 aliphatic carbocycles. The van der Waals surface area contributed by atoms with Crippen molar-refractivity contribution < 1.29 is 9.18 Å². The van der Waals surface area contributed by atoms with Crippen molar-refractivity contribution in [2.24, 2.45) is 0 Å². The molecule has 2 heterocycles. The van der Waals surface area contributed by atoms with Gasteiger partial charge in [-0.15, -0.1) is 16.9 Å². The number of hydrogen-bond acceptors (Lipinski definition) is 6. The quantitative estimate of drug-likeness (QED) is 0.869. The maximum Gasteiger partial charge on any atom is 0.242 e. The molecular weight excluding hydrogens is 295 g/mol. The van der Waals surface area contributed by atoms with Crippen LogP contribution in [0, 0.1) is 12.7 Å². The van der Waals surface area contributed by atoms with Crippen LogP contribution in [0.2, 0.25) is 0 Å². The lowest BCUT2D eigenvalue weighted by atomic mass is 10.2. The number of halogens is 1. The van der Waals surface area contributed by atoms with Crippen LogP contribution >= 0.6 is 11.8 Å². The number of nitrogens with one attached hydrogen (secondary N) is 2. The van der Waals surface area contributed by atoms with E-state index in [1.54, 1.807) is 18.7 Å². The van der Waals surface area contributed by atoms with E-state index < -0.39 is 5.82 Å². The van der Waals surface area contributed by atoms with Gasteiger partial charge in [-0.2, -0.15) is 4.68 Å². The lowest BCUT2D eigenvalue weighted by molar-refractivity contribution is -0.117. The molecule has 7 nitrogen and oxygen atoms in total. The Hall–Kier alpha value is -2.00. The lowest BCUT2D eigenvalue weighted by Gasteiger charge is -2.12. The molecule has 1 amide bonds. The number of tetrazole rings is 1. The molecule has 1 unspecified atom stereocenters. The number of benzene rings is 1. The van der Waals surface area contributed by atoms with Crippen LogP contribution in [0.4, 0.5) is 10.1 Å². The molecule has 3 rings (SSSR count). The van der Waals surface area contributed by atoms with Crippen molar-refractivity contribution in [3.63, 3.8) is 0 Å². The van der Waals surface area contributed by atoms with Crippen molar-refractivity contribution in [3.05, 3.63) is 29.8 Å². The average Bonchev–Trinajstić information content (AvgIpc) is 3.12. The fraction of sp³-hybridized carbons (Fsp3) is 0.333. The minimum atomic E-state index is -0.460. The van der Waals surface area contributed by atoms with Gasteiger partial charge in [-0.1, -0.05) is 0 Å². The van der Waals surface area contributed by atoms with E-state index >= 15 is 0 Å². The number of carbonyl (C=O) groups is 1. The minimum Gasteiger partial charge on any atom is -0.325 e. The third-order valence-electron chi connectivity index (χ3n) is 3.10. The highest BCUT2D eigenvalue weighted by Crippen LogP contribution is 2.19. The van der Waals surface area contributed by atoms with E-state index in [2.05, 4.69) is 26.2 Å². The first-order chi connectivity index (χ1) is 10.1. The summed E-state index contributed by atoms with van der Waals surface area (Å²) in [6, 6.07) is 4.08. The maximum absolute atomic E-state index is 13.9. The number of nitrogens with zero attached hydrogens (tertiary/aromatic N) is 4. The number of aromatic nitrogens is 4. The molecular formula is C12H13FN6OS. The monoisotopic (exact) mass is 308 g/mol. The van der Waals surface area contributed by atoms with Crippen molar-refractivity contribution in [2.75, 3.05) is 16.9 Å². The molecule has 1 fully saturated rings. The van der Waals surface area contributed by atoms with Gasteiger partial charge in [0.05, 0.1) is 6.04 Å². The number of carbonyl (C=O) groups excluding carboxylic acids is 1. The Labute approximate surface area is 124 Å². The third-order valence-corrected chi connectivity index (χ3v) is 4.04. The van der Waals surface area contributed by atoms with Gasteiger partial charge in [0.1, 0.15) is 11.5 Å². The number of amides is 1. The molecule has 1 aromatic heterocycles. The van der Waals surface area contributed by atoms with E-state index in [1.807, 2.05) is 0 Å². The molecule has 9 heteroatoms.